The second-order valence-corrected chi connectivity index (χ2v) is 7.52. The molecule has 2 atom stereocenters. The number of carbonyl (C=O) groups is 1. The van der Waals surface area contributed by atoms with Crippen molar-refractivity contribution in [3.05, 3.63) is 24.3 Å². The van der Waals surface area contributed by atoms with Crippen LogP contribution in [-0.2, 0) is 4.79 Å². The predicted molar refractivity (Wildman–Crippen MR) is 102 cm³/mol. The Balaban J connectivity index is 1.49. The van der Waals surface area contributed by atoms with Crippen molar-refractivity contribution < 1.29 is 9.90 Å². The Bertz CT molecular complexity index is 553. The van der Waals surface area contributed by atoms with Gasteiger partial charge in [-0.15, -0.1) is 0 Å². The van der Waals surface area contributed by atoms with Gasteiger partial charge in [0.1, 0.15) is 0 Å². The minimum atomic E-state index is -0.298. The number of piperidine rings is 2. The van der Waals surface area contributed by atoms with E-state index < -0.39 is 0 Å². The first-order chi connectivity index (χ1) is 12.1. The lowest BCUT2D eigenvalue weighted by Gasteiger charge is -2.33. The van der Waals surface area contributed by atoms with Gasteiger partial charge >= 0.3 is 0 Å². The molecule has 25 heavy (non-hydrogen) atoms. The van der Waals surface area contributed by atoms with Crippen LogP contribution in [0.2, 0.25) is 0 Å². The van der Waals surface area contributed by atoms with E-state index >= 15 is 0 Å². The molecule has 5 heteroatoms. The van der Waals surface area contributed by atoms with Crippen LogP contribution in [0.3, 0.4) is 0 Å². The number of amides is 1. The van der Waals surface area contributed by atoms with E-state index in [1.165, 1.54) is 24.9 Å². The van der Waals surface area contributed by atoms with Crippen molar-refractivity contribution in [2.75, 3.05) is 42.9 Å². The summed E-state index contributed by atoms with van der Waals surface area (Å²) < 4.78 is 0. The molecule has 1 aromatic rings. The number of hydrogen-bond donors (Lipinski definition) is 2. The second-order valence-electron chi connectivity index (χ2n) is 7.52. The monoisotopic (exact) mass is 345 g/mol. The summed E-state index contributed by atoms with van der Waals surface area (Å²) in [6, 6.07) is 8.20. The van der Waals surface area contributed by atoms with E-state index in [1.807, 2.05) is 19.1 Å². The van der Waals surface area contributed by atoms with Crippen LogP contribution in [0.25, 0.3) is 0 Å². The topological polar surface area (TPSA) is 55.8 Å². The van der Waals surface area contributed by atoms with Crippen LogP contribution in [0, 0.1) is 5.92 Å². The summed E-state index contributed by atoms with van der Waals surface area (Å²) >= 11 is 0. The molecule has 2 aliphatic heterocycles. The van der Waals surface area contributed by atoms with Crippen molar-refractivity contribution in [1.82, 2.24) is 4.90 Å². The number of carbonyl (C=O) groups excluding carboxylic acids is 1. The lowest BCUT2D eigenvalue weighted by atomic mass is 9.93. The Morgan fingerprint density at radius 2 is 1.88 bits per heavy atom. The van der Waals surface area contributed by atoms with Crippen molar-refractivity contribution in [2.45, 2.75) is 45.1 Å². The molecule has 5 nitrogen and oxygen atoms in total. The Kier molecular flexibility index (Phi) is 6.32. The molecule has 2 aliphatic rings. The molecule has 3 rings (SSSR count). The van der Waals surface area contributed by atoms with Crippen LogP contribution >= 0.6 is 0 Å². The fraction of sp³-hybridized carbons (Fsp3) is 0.650. The van der Waals surface area contributed by atoms with Gasteiger partial charge in [-0.05, 0) is 75.8 Å². The summed E-state index contributed by atoms with van der Waals surface area (Å²) in [4.78, 5) is 16.9. The van der Waals surface area contributed by atoms with Gasteiger partial charge in [0.15, 0.2) is 0 Å². The zero-order valence-corrected chi connectivity index (χ0v) is 15.3. The summed E-state index contributed by atoms with van der Waals surface area (Å²) in [6.07, 6.45) is 5.66. The lowest BCUT2D eigenvalue weighted by molar-refractivity contribution is -0.118. The van der Waals surface area contributed by atoms with E-state index in [4.69, 9.17) is 0 Å². The van der Waals surface area contributed by atoms with Crippen LogP contribution in [0.4, 0.5) is 11.4 Å². The van der Waals surface area contributed by atoms with Crippen molar-refractivity contribution >= 4 is 17.3 Å². The summed E-state index contributed by atoms with van der Waals surface area (Å²) in [7, 11) is 0. The van der Waals surface area contributed by atoms with E-state index in [1.54, 1.807) is 0 Å². The summed E-state index contributed by atoms with van der Waals surface area (Å²) in [5.74, 6) is 0.308. The smallest absolute Gasteiger partial charge is 0.238 e. The zero-order chi connectivity index (χ0) is 17.6. The quantitative estimate of drug-likeness (QED) is 0.861. The maximum atomic E-state index is 12.3. The molecule has 138 valence electrons. The number of anilines is 2. The van der Waals surface area contributed by atoms with Crippen LogP contribution in [0.15, 0.2) is 24.3 Å². The molecule has 0 spiro atoms. The Morgan fingerprint density at radius 3 is 2.56 bits per heavy atom. The second kappa shape index (κ2) is 8.68. The molecular formula is C20H31N3O2. The number of rotatable bonds is 5. The third-order valence-corrected chi connectivity index (χ3v) is 5.46. The molecule has 0 aromatic heterocycles. The van der Waals surface area contributed by atoms with E-state index in [0.717, 1.165) is 44.7 Å². The lowest BCUT2D eigenvalue weighted by Crippen LogP contribution is -2.43. The van der Waals surface area contributed by atoms with E-state index in [-0.39, 0.29) is 17.9 Å². The van der Waals surface area contributed by atoms with Crippen molar-refractivity contribution in [1.29, 1.82) is 0 Å². The third kappa shape index (κ3) is 5.19. The highest BCUT2D eigenvalue weighted by atomic mass is 16.3. The van der Waals surface area contributed by atoms with Crippen LogP contribution in [0.5, 0.6) is 0 Å². The SMILES string of the molecule is CC(O)C1CCCN(CC(=O)Nc2ccc(N3CCCCC3)cc2)C1. The Hall–Kier alpha value is -1.59. The summed E-state index contributed by atoms with van der Waals surface area (Å²) in [5.41, 5.74) is 2.10. The number of likely N-dealkylation sites (tertiary alicyclic amines) is 1. The van der Waals surface area contributed by atoms with Crippen molar-refractivity contribution in [3.8, 4) is 0 Å². The maximum absolute atomic E-state index is 12.3. The molecular weight excluding hydrogens is 314 g/mol. The van der Waals surface area contributed by atoms with Gasteiger partial charge in [-0.3, -0.25) is 9.69 Å². The number of nitrogens with zero attached hydrogens (tertiary/aromatic N) is 2. The van der Waals surface area contributed by atoms with Gasteiger partial charge in [-0.1, -0.05) is 0 Å². The van der Waals surface area contributed by atoms with Gasteiger partial charge in [0, 0.05) is 31.0 Å². The van der Waals surface area contributed by atoms with Crippen molar-refractivity contribution in [3.63, 3.8) is 0 Å². The Morgan fingerprint density at radius 1 is 1.16 bits per heavy atom. The van der Waals surface area contributed by atoms with Gasteiger partial charge in [0.05, 0.1) is 12.6 Å². The Labute approximate surface area is 151 Å². The number of benzene rings is 1. The van der Waals surface area contributed by atoms with Gasteiger partial charge in [-0.25, -0.2) is 0 Å². The molecule has 2 heterocycles. The van der Waals surface area contributed by atoms with E-state index in [9.17, 15) is 9.90 Å². The number of hydrogen-bond acceptors (Lipinski definition) is 4. The molecule has 2 fully saturated rings. The molecule has 2 saturated heterocycles. The first-order valence-corrected chi connectivity index (χ1v) is 9.67. The maximum Gasteiger partial charge on any atom is 0.238 e. The van der Waals surface area contributed by atoms with Gasteiger partial charge in [0.2, 0.25) is 5.91 Å². The fourth-order valence-electron chi connectivity index (χ4n) is 3.94. The molecule has 0 bridgehead atoms. The molecule has 0 saturated carbocycles. The highest BCUT2D eigenvalue weighted by Gasteiger charge is 2.24. The standard InChI is InChI=1S/C20H31N3O2/c1-16(24)17-6-5-11-22(14-17)15-20(25)21-18-7-9-19(10-8-18)23-12-3-2-4-13-23/h7-10,16-17,24H,2-6,11-15H2,1H3,(H,21,25). The van der Waals surface area contributed by atoms with E-state index in [2.05, 4.69) is 27.2 Å². The molecule has 0 aliphatic carbocycles. The molecule has 0 radical (unpaired) electrons. The molecule has 2 unspecified atom stereocenters. The van der Waals surface area contributed by atoms with Crippen LogP contribution in [-0.4, -0.2) is 54.7 Å². The zero-order valence-electron chi connectivity index (χ0n) is 15.3. The van der Waals surface area contributed by atoms with Crippen LogP contribution in [0.1, 0.15) is 39.0 Å². The first kappa shape index (κ1) is 18.2. The predicted octanol–water partition coefficient (Wildman–Crippen LogP) is 2.71. The largest absolute Gasteiger partial charge is 0.393 e. The molecule has 1 amide bonds. The van der Waals surface area contributed by atoms with E-state index in [0.29, 0.717) is 6.54 Å². The van der Waals surface area contributed by atoms with Gasteiger partial charge < -0.3 is 15.3 Å². The number of nitrogens with one attached hydrogen (secondary N) is 1. The summed E-state index contributed by atoms with van der Waals surface area (Å²) in [5, 5.41) is 12.8. The minimum absolute atomic E-state index is 0.0250. The van der Waals surface area contributed by atoms with Gasteiger partial charge in [-0.2, -0.15) is 0 Å². The average Bonchev–Trinajstić information content (AvgIpc) is 2.63. The molecule has 1 aromatic carbocycles. The highest BCUT2D eigenvalue weighted by molar-refractivity contribution is 5.92. The van der Waals surface area contributed by atoms with Crippen molar-refractivity contribution in [2.24, 2.45) is 5.92 Å². The highest BCUT2D eigenvalue weighted by Crippen LogP contribution is 2.22. The first-order valence-electron chi connectivity index (χ1n) is 9.67. The number of aliphatic hydroxyl groups is 1. The normalized spacial score (nSPS) is 23.3. The minimum Gasteiger partial charge on any atom is -0.393 e. The fourth-order valence-corrected chi connectivity index (χ4v) is 3.94. The summed E-state index contributed by atoms with van der Waals surface area (Å²) in [6.45, 7) is 6.25. The van der Waals surface area contributed by atoms with Crippen LogP contribution < -0.4 is 10.2 Å². The average molecular weight is 345 g/mol. The number of aliphatic hydroxyl groups excluding tert-OH is 1. The third-order valence-electron chi connectivity index (χ3n) is 5.46. The van der Waals surface area contributed by atoms with Gasteiger partial charge in [0.25, 0.3) is 0 Å². The molecule has 2 N–H and O–H groups in total.